The Bertz CT molecular complexity index is 609. The number of sulfonamides is 1. The summed E-state index contributed by atoms with van der Waals surface area (Å²) in [6.07, 6.45) is 0. The van der Waals surface area contributed by atoms with Crippen LogP contribution in [-0.4, -0.2) is 34.1 Å². The first-order valence-electron chi connectivity index (χ1n) is 5.34. The maximum Gasteiger partial charge on any atom is 0.243 e. The molecule has 0 saturated heterocycles. The molecule has 5 N–H and O–H groups in total. The first kappa shape index (κ1) is 16.8. The van der Waals surface area contributed by atoms with E-state index in [0.717, 1.165) is 12.1 Å². The summed E-state index contributed by atoms with van der Waals surface area (Å²) in [6, 6.07) is 1.97. The average molecular weight is 370 g/mol. The molecule has 112 valence electrons. The van der Waals surface area contributed by atoms with Crippen molar-refractivity contribution in [3.05, 3.63) is 22.4 Å². The van der Waals surface area contributed by atoms with E-state index in [0.29, 0.717) is 0 Å². The number of amides is 1. The third-order valence-corrected chi connectivity index (χ3v) is 4.54. The highest BCUT2D eigenvalue weighted by atomic mass is 79.9. The third-order valence-electron chi connectivity index (χ3n) is 2.12. The lowest BCUT2D eigenvalue weighted by atomic mass is 10.3. The van der Waals surface area contributed by atoms with Gasteiger partial charge in [0.25, 0.3) is 0 Å². The summed E-state index contributed by atoms with van der Waals surface area (Å²) in [5, 5.41) is 0. The van der Waals surface area contributed by atoms with Gasteiger partial charge in [0, 0.05) is 11.0 Å². The number of carbonyl (C=O) groups excluding carboxylic acids is 1. The zero-order valence-electron chi connectivity index (χ0n) is 10.2. The third kappa shape index (κ3) is 4.71. The monoisotopic (exact) mass is 369 g/mol. The van der Waals surface area contributed by atoms with E-state index < -0.39 is 21.7 Å². The van der Waals surface area contributed by atoms with Crippen molar-refractivity contribution in [2.24, 2.45) is 5.73 Å². The van der Waals surface area contributed by atoms with Crippen molar-refractivity contribution in [3.63, 3.8) is 0 Å². The zero-order valence-corrected chi connectivity index (χ0v) is 12.6. The molecular formula is C10H13BrFN3O4S. The van der Waals surface area contributed by atoms with Gasteiger partial charge in [0.05, 0.1) is 17.2 Å². The van der Waals surface area contributed by atoms with Gasteiger partial charge in [0.1, 0.15) is 12.4 Å². The number of hydrogen-bond acceptors (Lipinski definition) is 5. The Morgan fingerprint density at radius 3 is 2.70 bits per heavy atom. The fourth-order valence-corrected chi connectivity index (χ4v) is 3.31. The number of ether oxygens (including phenoxy) is 1. The van der Waals surface area contributed by atoms with Crippen molar-refractivity contribution in [2.75, 3.05) is 25.5 Å². The average Bonchev–Trinajstić information content (AvgIpc) is 2.32. The van der Waals surface area contributed by atoms with Gasteiger partial charge in [0.2, 0.25) is 15.9 Å². The molecule has 20 heavy (non-hydrogen) atoms. The smallest absolute Gasteiger partial charge is 0.243 e. The fraction of sp³-hybridized carbons (Fsp3) is 0.300. The molecule has 0 aliphatic carbocycles. The highest BCUT2D eigenvalue weighted by Crippen LogP contribution is 2.26. The minimum Gasteiger partial charge on any atom is -0.396 e. The summed E-state index contributed by atoms with van der Waals surface area (Å²) in [5.74, 6) is -1.37. The lowest BCUT2D eigenvalue weighted by Crippen LogP contribution is -2.29. The molecule has 0 aromatic heterocycles. The number of primary amides is 1. The van der Waals surface area contributed by atoms with Gasteiger partial charge in [-0.15, -0.1) is 0 Å². The predicted octanol–water partition coefficient (Wildman–Crippen LogP) is -0.0494. The molecule has 0 aliphatic rings. The molecule has 0 fully saturated rings. The Hall–Kier alpha value is -1.23. The lowest BCUT2D eigenvalue weighted by molar-refractivity contribution is -0.122. The van der Waals surface area contributed by atoms with Crippen LogP contribution in [0, 0.1) is 5.82 Å². The molecule has 0 unspecified atom stereocenters. The summed E-state index contributed by atoms with van der Waals surface area (Å²) >= 11 is 2.95. The fourth-order valence-electron chi connectivity index (χ4n) is 1.25. The van der Waals surface area contributed by atoms with Gasteiger partial charge in [-0.3, -0.25) is 4.79 Å². The number of nitrogen functional groups attached to an aromatic ring is 1. The Morgan fingerprint density at radius 1 is 1.45 bits per heavy atom. The molecule has 0 heterocycles. The maximum absolute atomic E-state index is 13.1. The van der Waals surface area contributed by atoms with Crippen molar-refractivity contribution in [1.29, 1.82) is 0 Å². The highest BCUT2D eigenvalue weighted by Gasteiger charge is 2.19. The molecule has 1 amide bonds. The van der Waals surface area contributed by atoms with E-state index in [1.54, 1.807) is 0 Å². The van der Waals surface area contributed by atoms with E-state index in [-0.39, 0.29) is 34.8 Å². The van der Waals surface area contributed by atoms with Gasteiger partial charge in [-0.2, -0.15) is 0 Å². The molecule has 0 aliphatic heterocycles. The Balaban J connectivity index is 2.70. The van der Waals surface area contributed by atoms with Gasteiger partial charge >= 0.3 is 0 Å². The zero-order chi connectivity index (χ0) is 15.3. The minimum atomic E-state index is -3.87. The van der Waals surface area contributed by atoms with Crippen LogP contribution in [0.5, 0.6) is 0 Å². The quantitative estimate of drug-likeness (QED) is 0.459. The molecule has 0 atom stereocenters. The second kappa shape index (κ2) is 6.97. The van der Waals surface area contributed by atoms with Crippen LogP contribution in [-0.2, 0) is 19.6 Å². The molecule has 0 radical (unpaired) electrons. The number of carbonyl (C=O) groups is 1. The topological polar surface area (TPSA) is 125 Å². The maximum atomic E-state index is 13.1. The largest absolute Gasteiger partial charge is 0.396 e. The normalized spacial score (nSPS) is 11.5. The van der Waals surface area contributed by atoms with Crippen LogP contribution in [0.1, 0.15) is 0 Å². The number of anilines is 1. The van der Waals surface area contributed by atoms with Gasteiger partial charge < -0.3 is 16.2 Å². The lowest BCUT2D eigenvalue weighted by Gasteiger charge is -2.09. The predicted molar refractivity (Wildman–Crippen MR) is 73.7 cm³/mol. The van der Waals surface area contributed by atoms with Crippen molar-refractivity contribution >= 4 is 37.5 Å². The van der Waals surface area contributed by atoms with Crippen LogP contribution in [0.25, 0.3) is 0 Å². The summed E-state index contributed by atoms with van der Waals surface area (Å²) < 4.78 is 44.1. The summed E-state index contributed by atoms with van der Waals surface area (Å²) in [4.78, 5) is 10.2. The van der Waals surface area contributed by atoms with E-state index in [4.69, 9.17) is 16.2 Å². The molecule has 1 aromatic carbocycles. The molecule has 1 aromatic rings. The van der Waals surface area contributed by atoms with Gasteiger partial charge in [0.15, 0.2) is 0 Å². The van der Waals surface area contributed by atoms with Crippen LogP contribution in [0.15, 0.2) is 21.5 Å². The number of hydrogen-bond donors (Lipinski definition) is 3. The Labute approximate surface area is 123 Å². The minimum absolute atomic E-state index is 0.0313. The van der Waals surface area contributed by atoms with E-state index in [9.17, 15) is 17.6 Å². The Kier molecular flexibility index (Phi) is 5.87. The number of benzene rings is 1. The van der Waals surface area contributed by atoms with Crippen LogP contribution in [0.2, 0.25) is 0 Å². The van der Waals surface area contributed by atoms with Crippen LogP contribution < -0.4 is 16.2 Å². The number of nitrogens with one attached hydrogen (secondary N) is 1. The van der Waals surface area contributed by atoms with Crippen LogP contribution >= 0.6 is 15.9 Å². The number of nitrogens with two attached hydrogens (primary N) is 2. The summed E-state index contributed by atoms with van der Waals surface area (Å²) in [6.45, 7) is -0.398. The van der Waals surface area contributed by atoms with Crippen molar-refractivity contribution in [2.45, 2.75) is 4.90 Å². The second-order valence-corrected chi connectivity index (χ2v) is 6.31. The van der Waals surface area contributed by atoms with Crippen LogP contribution in [0.3, 0.4) is 0 Å². The SMILES string of the molecule is NC(=O)COCCNS(=O)(=O)c1cc(N)c(F)cc1Br. The number of halogens is 2. The van der Waals surface area contributed by atoms with Crippen molar-refractivity contribution in [3.8, 4) is 0 Å². The molecule has 0 bridgehead atoms. The molecule has 7 nitrogen and oxygen atoms in total. The summed E-state index contributed by atoms with van der Waals surface area (Å²) in [5.41, 5.74) is 9.90. The van der Waals surface area contributed by atoms with Crippen molar-refractivity contribution in [1.82, 2.24) is 4.72 Å². The molecular weight excluding hydrogens is 357 g/mol. The first-order valence-corrected chi connectivity index (χ1v) is 7.62. The highest BCUT2D eigenvalue weighted by molar-refractivity contribution is 9.10. The van der Waals surface area contributed by atoms with E-state index in [1.807, 2.05) is 0 Å². The second-order valence-electron chi connectivity index (χ2n) is 3.72. The van der Waals surface area contributed by atoms with Gasteiger partial charge in [-0.05, 0) is 28.1 Å². The van der Waals surface area contributed by atoms with E-state index in [1.165, 1.54) is 0 Å². The van der Waals surface area contributed by atoms with Crippen molar-refractivity contribution < 1.29 is 22.3 Å². The molecule has 0 saturated carbocycles. The van der Waals surface area contributed by atoms with Crippen LogP contribution in [0.4, 0.5) is 10.1 Å². The summed E-state index contributed by atoms with van der Waals surface area (Å²) in [7, 11) is -3.87. The van der Waals surface area contributed by atoms with E-state index >= 15 is 0 Å². The first-order chi connectivity index (χ1) is 9.24. The van der Waals surface area contributed by atoms with Gasteiger partial charge in [-0.25, -0.2) is 17.5 Å². The molecule has 1 rings (SSSR count). The standard InChI is InChI=1S/C10H13BrFN3O4S/c11-6-3-7(12)8(13)4-9(6)20(17,18)15-1-2-19-5-10(14)16/h3-4,15H,1-2,5,13H2,(H2,14,16). The molecule has 0 spiro atoms. The molecule has 10 heteroatoms. The van der Waals surface area contributed by atoms with Gasteiger partial charge in [-0.1, -0.05) is 0 Å². The van der Waals surface area contributed by atoms with E-state index in [2.05, 4.69) is 20.7 Å². The Morgan fingerprint density at radius 2 is 2.10 bits per heavy atom. The number of rotatable bonds is 7.